The summed E-state index contributed by atoms with van der Waals surface area (Å²) >= 11 is 0. The zero-order chi connectivity index (χ0) is 12.3. The van der Waals surface area contributed by atoms with Crippen molar-refractivity contribution in [3.8, 4) is 0 Å². The molecule has 0 spiro atoms. The number of carbonyl (C=O) groups is 1. The maximum absolute atomic E-state index is 11.9. The molecule has 2 atom stereocenters. The Morgan fingerprint density at radius 1 is 1.50 bits per heavy atom. The third kappa shape index (κ3) is 3.18. The predicted molar refractivity (Wildman–Crippen MR) is 59.0 cm³/mol. The van der Waals surface area contributed by atoms with Crippen molar-refractivity contribution in [3.63, 3.8) is 0 Å². The average molecular weight is 250 g/mol. The van der Waals surface area contributed by atoms with Gasteiger partial charge in [-0.25, -0.2) is 8.42 Å². The van der Waals surface area contributed by atoms with Crippen molar-refractivity contribution in [1.82, 2.24) is 0 Å². The zero-order valence-corrected chi connectivity index (χ0v) is 10.4. The number of hydrogen-bond donors (Lipinski definition) is 1. The molecule has 0 aromatic carbocycles. The van der Waals surface area contributed by atoms with Crippen molar-refractivity contribution in [2.45, 2.75) is 25.5 Å². The topological polar surface area (TPSA) is 80.7 Å². The standard InChI is InChI=1S/C10H18O5S/c1-7(2)9(10(11)12)16(13,14)6-8-3-4-15-5-8/h7-9H,3-6H2,1-2H3,(H,11,12). The summed E-state index contributed by atoms with van der Waals surface area (Å²) in [5.41, 5.74) is 0. The van der Waals surface area contributed by atoms with Gasteiger partial charge in [0.25, 0.3) is 0 Å². The van der Waals surface area contributed by atoms with E-state index in [-0.39, 0.29) is 11.7 Å². The lowest BCUT2D eigenvalue weighted by molar-refractivity contribution is -0.137. The van der Waals surface area contributed by atoms with Crippen molar-refractivity contribution in [3.05, 3.63) is 0 Å². The number of sulfone groups is 1. The molecule has 5 nitrogen and oxygen atoms in total. The fraction of sp³-hybridized carbons (Fsp3) is 0.900. The summed E-state index contributed by atoms with van der Waals surface area (Å²) in [6.07, 6.45) is 0.698. The Kier molecular flexibility index (Phi) is 4.32. The Labute approximate surface area is 95.7 Å². The molecule has 2 unspecified atom stereocenters. The second-order valence-corrected chi connectivity index (χ2v) is 6.73. The molecular weight excluding hydrogens is 232 g/mol. The first-order valence-electron chi connectivity index (χ1n) is 5.36. The minimum Gasteiger partial charge on any atom is -0.480 e. The van der Waals surface area contributed by atoms with Crippen LogP contribution in [0, 0.1) is 11.8 Å². The minimum atomic E-state index is -3.58. The monoisotopic (exact) mass is 250 g/mol. The first-order valence-corrected chi connectivity index (χ1v) is 7.08. The first-order chi connectivity index (χ1) is 7.34. The summed E-state index contributed by atoms with van der Waals surface area (Å²) in [4.78, 5) is 11.0. The maximum Gasteiger partial charge on any atom is 0.322 e. The van der Waals surface area contributed by atoms with Gasteiger partial charge in [-0.3, -0.25) is 4.79 Å². The van der Waals surface area contributed by atoms with E-state index in [0.29, 0.717) is 19.6 Å². The van der Waals surface area contributed by atoms with Gasteiger partial charge in [-0.2, -0.15) is 0 Å². The van der Waals surface area contributed by atoms with Crippen LogP contribution in [-0.2, 0) is 19.4 Å². The van der Waals surface area contributed by atoms with Crippen LogP contribution in [0.4, 0.5) is 0 Å². The van der Waals surface area contributed by atoms with Crippen LogP contribution in [-0.4, -0.2) is 43.7 Å². The molecule has 1 aliphatic rings. The van der Waals surface area contributed by atoms with E-state index < -0.39 is 27.0 Å². The maximum atomic E-state index is 11.9. The molecule has 1 fully saturated rings. The minimum absolute atomic E-state index is 0.0504. The summed E-state index contributed by atoms with van der Waals surface area (Å²) in [5, 5.41) is 7.64. The fourth-order valence-electron chi connectivity index (χ4n) is 2.00. The SMILES string of the molecule is CC(C)C(C(=O)O)S(=O)(=O)CC1CCOC1. The lowest BCUT2D eigenvalue weighted by Gasteiger charge is -2.18. The fourth-order valence-corrected chi connectivity index (χ4v) is 4.26. The highest BCUT2D eigenvalue weighted by molar-refractivity contribution is 7.92. The number of ether oxygens (including phenoxy) is 1. The van der Waals surface area contributed by atoms with Crippen LogP contribution in [0.15, 0.2) is 0 Å². The van der Waals surface area contributed by atoms with Gasteiger partial charge < -0.3 is 9.84 Å². The van der Waals surface area contributed by atoms with Crippen molar-refractivity contribution in [2.24, 2.45) is 11.8 Å². The van der Waals surface area contributed by atoms with E-state index in [1.54, 1.807) is 13.8 Å². The highest BCUT2D eigenvalue weighted by Gasteiger charge is 2.37. The van der Waals surface area contributed by atoms with Gasteiger partial charge in [0.15, 0.2) is 15.1 Å². The molecule has 1 aliphatic heterocycles. The molecule has 0 amide bonds. The van der Waals surface area contributed by atoms with Gasteiger partial charge in [0, 0.05) is 6.61 Å². The number of carboxylic acids is 1. The summed E-state index contributed by atoms with van der Waals surface area (Å²) < 4.78 is 29.0. The molecule has 0 radical (unpaired) electrons. The summed E-state index contributed by atoms with van der Waals surface area (Å²) in [7, 11) is -3.58. The lowest BCUT2D eigenvalue weighted by Crippen LogP contribution is -2.38. The van der Waals surface area contributed by atoms with Gasteiger partial charge in [0.05, 0.1) is 12.4 Å². The molecule has 0 aliphatic carbocycles. The molecule has 16 heavy (non-hydrogen) atoms. The van der Waals surface area contributed by atoms with E-state index >= 15 is 0 Å². The van der Waals surface area contributed by atoms with Crippen molar-refractivity contribution in [2.75, 3.05) is 19.0 Å². The van der Waals surface area contributed by atoms with Crippen LogP contribution >= 0.6 is 0 Å². The molecule has 1 saturated heterocycles. The van der Waals surface area contributed by atoms with Crippen LogP contribution in [0.1, 0.15) is 20.3 Å². The molecule has 0 bridgehead atoms. The van der Waals surface area contributed by atoms with Crippen molar-refractivity contribution < 1.29 is 23.1 Å². The summed E-state index contributed by atoms with van der Waals surface area (Å²) in [6, 6.07) is 0. The number of rotatable bonds is 5. The highest BCUT2D eigenvalue weighted by Crippen LogP contribution is 2.20. The number of aliphatic carboxylic acids is 1. The first kappa shape index (κ1) is 13.4. The van der Waals surface area contributed by atoms with Crippen LogP contribution < -0.4 is 0 Å². The Hall–Kier alpha value is -0.620. The molecule has 1 heterocycles. The van der Waals surface area contributed by atoms with Crippen LogP contribution in [0.2, 0.25) is 0 Å². The number of hydrogen-bond acceptors (Lipinski definition) is 4. The van der Waals surface area contributed by atoms with E-state index in [9.17, 15) is 13.2 Å². The average Bonchev–Trinajstić information content (AvgIpc) is 2.52. The molecular formula is C10H18O5S. The second kappa shape index (κ2) is 5.14. The van der Waals surface area contributed by atoms with E-state index in [0.717, 1.165) is 0 Å². The molecule has 1 N–H and O–H groups in total. The smallest absolute Gasteiger partial charge is 0.322 e. The van der Waals surface area contributed by atoms with Crippen molar-refractivity contribution in [1.29, 1.82) is 0 Å². The summed E-state index contributed by atoms with van der Waals surface area (Å²) in [6.45, 7) is 4.21. The molecule has 0 aromatic rings. The highest BCUT2D eigenvalue weighted by atomic mass is 32.2. The normalized spacial score (nSPS) is 23.6. The van der Waals surface area contributed by atoms with Gasteiger partial charge in [0.1, 0.15) is 0 Å². The summed E-state index contributed by atoms with van der Waals surface area (Å²) in [5.74, 6) is -1.80. The molecule has 0 aromatic heterocycles. The number of carboxylic acid groups (broad SMARTS) is 1. The van der Waals surface area contributed by atoms with Crippen LogP contribution in [0.25, 0.3) is 0 Å². The van der Waals surface area contributed by atoms with Gasteiger partial charge in [-0.1, -0.05) is 13.8 Å². The molecule has 6 heteroatoms. The predicted octanol–water partition coefficient (Wildman–Crippen LogP) is 0.547. The molecule has 1 rings (SSSR count). The quantitative estimate of drug-likeness (QED) is 0.770. The third-order valence-corrected chi connectivity index (χ3v) is 5.18. The van der Waals surface area contributed by atoms with Crippen molar-refractivity contribution >= 4 is 15.8 Å². The van der Waals surface area contributed by atoms with E-state index in [1.807, 2.05) is 0 Å². The largest absolute Gasteiger partial charge is 0.480 e. The Balaban J connectivity index is 2.77. The lowest BCUT2D eigenvalue weighted by atomic mass is 10.1. The van der Waals surface area contributed by atoms with E-state index in [1.165, 1.54) is 0 Å². The molecule has 94 valence electrons. The Morgan fingerprint density at radius 3 is 2.50 bits per heavy atom. The van der Waals surface area contributed by atoms with Gasteiger partial charge >= 0.3 is 5.97 Å². The third-order valence-electron chi connectivity index (χ3n) is 2.73. The van der Waals surface area contributed by atoms with E-state index in [4.69, 9.17) is 9.84 Å². The van der Waals surface area contributed by atoms with Crippen LogP contribution in [0.3, 0.4) is 0 Å². The van der Waals surface area contributed by atoms with Gasteiger partial charge in [0.2, 0.25) is 0 Å². The second-order valence-electron chi connectivity index (χ2n) is 4.56. The zero-order valence-electron chi connectivity index (χ0n) is 9.55. The van der Waals surface area contributed by atoms with Gasteiger partial charge in [-0.15, -0.1) is 0 Å². The van der Waals surface area contributed by atoms with Crippen LogP contribution in [0.5, 0.6) is 0 Å². The molecule has 0 saturated carbocycles. The Bertz CT molecular complexity index is 340. The van der Waals surface area contributed by atoms with Gasteiger partial charge in [-0.05, 0) is 18.3 Å². The van der Waals surface area contributed by atoms with E-state index in [2.05, 4.69) is 0 Å². The Morgan fingerprint density at radius 2 is 2.12 bits per heavy atom.